The highest BCUT2D eigenvalue weighted by Crippen LogP contribution is 2.14. The Bertz CT molecular complexity index is 328. The van der Waals surface area contributed by atoms with Crippen LogP contribution >= 0.6 is 22.9 Å². The number of rotatable bonds is 5. The quantitative estimate of drug-likeness (QED) is 0.786. The first kappa shape index (κ1) is 12.4. The molecule has 1 N–H and O–H groups in total. The van der Waals surface area contributed by atoms with Crippen molar-refractivity contribution in [1.82, 2.24) is 20.4 Å². The van der Waals surface area contributed by atoms with E-state index in [2.05, 4.69) is 20.4 Å². The molecule has 1 aromatic heterocycles. The fourth-order valence-corrected chi connectivity index (χ4v) is 1.71. The van der Waals surface area contributed by atoms with Crippen LogP contribution < -0.4 is 5.32 Å². The van der Waals surface area contributed by atoms with Gasteiger partial charge >= 0.3 is 0 Å². The molecule has 0 fully saturated rings. The van der Waals surface area contributed by atoms with Gasteiger partial charge in [0.25, 0.3) is 5.91 Å². The second-order valence-corrected chi connectivity index (χ2v) is 4.83. The Morgan fingerprint density at radius 2 is 2.27 bits per heavy atom. The third-order valence-electron chi connectivity index (χ3n) is 1.66. The van der Waals surface area contributed by atoms with Crippen molar-refractivity contribution in [1.29, 1.82) is 0 Å². The standard InChI is InChI=1S/C8H13ClN4OS/c1-13(2)5-3-4-10-6(14)7-11-12-8(9)15-7/h3-5H2,1-2H3,(H,10,14). The maximum Gasteiger partial charge on any atom is 0.282 e. The van der Waals surface area contributed by atoms with Gasteiger partial charge in [0, 0.05) is 6.54 Å². The molecule has 84 valence electrons. The molecule has 0 aliphatic carbocycles. The molecule has 7 heteroatoms. The number of nitrogens with one attached hydrogen (secondary N) is 1. The largest absolute Gasteiger partial charge is 0.350 e. The Balaban J connectivity index is 2.25. The molecule has 1 heterocycles. The summed E-state index contributed by atoms with van der Waals surface area (Å²) in [5.41, 5.74) is 0. The van der Waals surface area contributed by atoms with Crippen LogP contribution in [-0.2, 0) is 0 Å². The molecule has 15 heavy (non-hydrogen) atoms. The molecule has 0 spiro atoms. The molecule has 0 aromatic carbocycles. The van der Waals surface area contributed by atoms with E-state index in [9.17, 15) is 4.79 Å². The predicted molar refractivity (Wildman–Crippen MR) is 60.4 cm³/mol. The van der Waals surface area contributed by atoms with Gasteiger partial charge in [0.1, 0.15) is 0 Å². The van der Waals surface area contributed by atoms with Crippen LogP contribution in [0.3, 0.4) is 0 Å². The summed E-state index contributed by atoms with van der Waals surface area (Å²) in [6, 6.07) is 0. The second kappa shape index (κ2) is 5.99. The highest BCUT2D eigenvalue weighted by molar-refractivity contribution is 7.17. The zero-order chi connectivity index (χ0) is 11.3. The van der Waals surface area contributed by atoms with Crippen LogP contribution in [0.15, 0.2) is 0 Å². The number of nitrogens with zero attached hydrogens (tertiary/aromatic N) is 3. The summed E-state index contributed by atoms with van der Waals surface area (Å²) in [7, 11) is 3.98. The van der Waals surface area contributed by atoms with Gasteiger partial charge in [-0.15, -0.1) is 10.2 Å². The molecule has 0 aliphatic heterocycles. The number of hydrogen-bond acceptors (Lipinski definition) is 5. The van der Waals surface area contributed by atoms with Crippen molar-refractivity contribution in [2.45, 2.75) is 6.42 Å². The van der Waals surface area contributed by atoms with Crippen LogP contribution in [-0.4, -0.2) is 48.2 Å². The molecular weight excluding hydrogens is 236 g/mol. The minimum Gasteiger partial charge on any atom is -0.350 e. The van der Waals surface area contributed by atoms with Crippen LogP contribution in [0, 0.1) is 0 Å². The molecule has 0 atom stereocenters. The van der Waals surface area contributed by atoms with Gasteiger partial charge in [0.2, 0.25) is 9.47 Å². The van der Waals surface area contributed by atoms with Gasteiger partial charge in [-0.1, -0.05) is 11.3 Å². The van der Waals surface area contributed by atoms with Crippen molar-refractivity contribution in [3.63, 3.8) is 0 Å². The molecule has 1 rings (SSSR count). The molecule has 0 aliphatic rings. The average molecular weight is 249 g/mol. The third-order valence-corrected chi connectivity index (χ3v) is 2.68. The summed E-state index contributed by atoms with van der Waals surface area (Å²) in [6.45, 7) is 1.57. The summed E-state index contributed by atoms with van der Waals surface area (Å²) in [5, 5.41) is 10.3. The second-order valence-electron chi connectivity index (χ2n) is 3.27. The number of carbonyl (C=O) groups is 1. The van der Waals surface area contributed by atoms with Crippen molar-refractivity contribution >= 4 is 28.8 Å². The first-order valence-electron chi connectivity index (χ1n) is 4.51. The van der Waals surface area contributed by atoms with Gasteiger partial charge in [0.15, 0.2) is 0 Å². The van der Waals surface area contributed by atoms with Crippen molar-refractivity contribution < 1.29 is 4.79 Å². The number of halogens is 1. The normalized spacial score (nSPS) is 10.7. The zero-order valence-corrected chi connectivity index (χ0v) is 10.2. The summed E-state index contributed by atoms with van der Waals surface area (Å²) < 4.78 is 0.286. The van der Waals surface area contributed by atoms with Crippen molar-refractivity contribution in [2.75, 3.05) is 27.2 Å². The number of amides is 1. The summed E-state index contributed by atoms with van der Waals surface area (Å²) in [4.78, 5) is 13.5. The first-order chi connectivity index (χ1) is 7.09. The number of carbonyl (C=O) groups excluding carboxylic acids is 1. The maximum atomic E-state index is 11.4. The molecule has 1 amide bonds. The summed E-state index contributed by atoms with van der Waals surface area (Å²) in [6.07, 6.45) is 0.908. The molecule has 0 radical (unpaired) electrons. The van der Waals surface area contributed by atoms with E-state index in [0.29, 0.717) is 11.6 Å². The van der Waals surface area contributed by atoms with Gasteiger partial charge in [-0.05, 0) is 38.7 Å². The van der Waals surface area contributed by atoms with Gasteiger partial charge < -0.3 is 10.2 Å². The van der Waals surface area contributed by atoms with E-state index in [0.717, 1.165) is 24.3 Å². The Labute approximate surface area is 97.4 Å². The van der Waals surface area contributed by atoms with Crippen molar-refractivity contribution in [3.8, 4) is 0 Å². The number of hydrogen-bond donors (Lipinski definition) is 1. The lowest BCUT2D eigenvalue weighted by Gasteiger charge is -2.08. The predicted octanol–water partition coefficient (Wildman–Crippen LogP) is 0.873. The van der Waals surface area contributed by atoms with Crippen LogP contribution in [0.4, 0.5) is 0 Å². The fourth-order valence-electron chi connectivity index (χ4n) is 0.970. The van der Waals surface area contributed by atoms with Crippen LogP contribution in [0.5, 0.6) is 0 Å². The summed E-state index contributed by atoms with van der Waals surface area (Å²) >= 11 is 6.65. The van der Waals surface area contributed by atoms with E-state index in [4.69, 9.17) is 11.6 Å². The Morgan fingerprint density at radius 3 is 2.80 bits per heavy atom. The van der Waals surface area contributed by atoms with Gasteiger partial charge in [-0.3, -0.25) is 4.79 Å². The van der Waals surface area contributed by atoms with Crippen LogP contribution in [0.1, 0.15) is 16.2 Å². The fraction of sp³-hybridized carbons (Fsp3) is 0.625. The van der Waals surface area contributed by atoms with E-state index in [-0.39, 0.29) is 10.4 Å². The molecule has 0 bridgehead atoms. The molecular formula is C8H13ClN4OS. The average Bonchev–Trinajstić information content (AvgIpc) is 2.59. The maximum absolute atomic E-state index is 11.4. The molecule has 0 unspecified atom stereocenters. The molecule has 0 saturated carbocycles. The minimum atomic E-state index is -0.210. The highest BCUT2D eigenvalue weighted by Gasteiger charge is 2.10. The van der Waals surface area contributed by atoms with E-state index in [1.54, 1.807) is 0 Å². The lowest BCUT2D eigenvalue weighted by Crippen LogP contribution is -2.27. The Hall–Kier alpha value is -0.720. The third kappa shape index (κ3) is 4.55. The van der Waals surface area contributed by atoms with Crippen molar-refractivity contribution in [3.05, 3.63) is 9.47 Å². The van der Waals surface area contributed by atoms with Crippen LogP contribution in [0.2, 0.25) is 4.47 Å². The van der Waals surface area contributed by atoms with Gasteiger partial charge in [-0.2, -0.15) is 0 Å². The van der Waals surface area contributed by atoms with E-state index < -0.39 is 0 Å². The minimum absolute atomic E-state index is 0.210. The van der Waals surface area contributed by atoms with Gasteiger partial charge in [0.05, 0.1) is 0 Å². The molecule has 1 aromatic rings. The Morgan fingerprint density at radius 1 is 1.53 bits per heavy atom. The van der Waals surface area contributed by atoms with Crippen LogP contribution in [0.25, 0.3) is 0 Å². The first-order valence-corrected chi connectivity index (χ1v) is 5.71. The van der Waals surface area contributed by atoms with Gasteiger partial charge in [-0.25, -0.2) is 0 Å². The van der Waals surface area contributed by atoms with E-state index >= 15 is 0 Å². The number of aromatic nitrogens is 2. The lowest BCUT2D eigenvalue weighted by atomic mass is 10.4. The topological polar surface area (TPSA) is 58.1 Å². The monoisotopic (exact) mass is 248 g/mol. The summed E-state index contributed by atoms with van der Waals surface area (Å²) in [5.74, 6) is -0.210. The van der Waals surface area contributed by atoms with E-state index in [1.807, 2.05) is 14.1 Å². The van der Waals surface area contributed by atoms with E-state index in [1.165, 1.54) is 0 Å². The van der Waals surface area contributed by atoms with Crippen molar-refractivity contribution in [2.24, 2.45) is 0 Å². The lowest BCUT2D eigenvalue weighted by molar-refractivity contribution is 0.0951. The molecule has 5 nitrogen and oxygen atoms in total. The molecule has 0 saturated heterocycles. The zero-order valence-electron chi connectivity index (χ0n) is 8.66. The highest BCUT2D eigenvalue weighted by atomic mass is 35.5. The smallest absolute Gasteiger partial charge is 0.282 e. The Kier molecular flexibility index (Phi) is 4.93. The SMILES string of the molecule is CN(C)CCCNC(=O)c1nnc(Cl)s1.